The Hall–Kier alpha value is -2.68. The van der Waals surface area contributed by atoms with Gasteiger partial charge in [0.05, 0.1) is 18.5 Å². The van der Waals surface area contributed by atoms with Crippen LogP contribution in [0.5, 0.6) is 0 Å². The van der Waals surface area contributed by atoms with E-state index in [1.165, 1.54) is 0 Å². The summed E-state index contributed by atoms with van der Waals surface area (Å²) in [6.07, 6.45) is 6.05. The molecule has 0 aliphatic carbocycles. The third kappa shape index (κ3) is 5.16. The maximum absolute atomic E-state index is 12.0. The van der Waals surface area contributed by atoms with Crippen LogP contribution in [0.2, 0.25) is 0 Å². The second kappa shape index (κ2) is 7.91. The second-order valence-corrected chi connectivity index (χ2v) is 8.09. The van der Waals surface area contributed by atoms with Gasteiger partial charge in [-0.1, -0.05) is 0 Å². The number of carbonyl (C=O) groups is 1. The number of nitrogens with zero attached hydrogens (tertiary/aromatic N) is 4. The second-order valence-electron chi connectivity index (χ2n) is 8.09. The molecular formula is C21H26N4O2. The van der Waals surface area contributed by atoms with Crippen molar-refractivity contribution in [1.82, 2.24) is 4.98 Å². The van der Waals surface area contributed by atoms with Gasteiger partial charge in [-0.15, -0.1) is 0 Å². The SMILES string of the molecule is CC(C)(C)OC(=O)CC1=CC(C2CCN(c3ccc(C#N)cn3)CC2)=NC1. The van der Waals surface area contributed by atoms with Gasteiger partial charge in [-0.25, -0.2) is 4.98 Å². The molecule has 0 unspecified atom stereocenters. The third-order valence-corrected chi connectivity index (χ3v) is 4.72. The molecule has 0 N–H and O–H groups in total. The molecule has 6 nitrogen and oxygen atoms in total. The van der Waals surface area contributed by atoms with Crippen molar-refractivity contribution in [2.45, 2.75) is 45.6 Å². The summed E-state index contributed by atoms with van der Waals surface area (Å²) in [6, 6.07) is 5.81. The topological polar surface area (TPSA) is 78.6 Å². The number of aromatic nitrogens is 1. The van der Waals surface area contributed by atoms with Crippen molar-refractivity contribution in [1.29, 1.82) is 5.26 Å². The monoisotopic (exact) mass is 366 g/mol. The minimum atomic E-state index is -0.452. The van der Waals surface area contributed by atoms with E-state index in [9.17, 15) is 4.79 Å². The van der Waals surface area contributed by atoms with Gasteiger partial charge in [0.25, 0.3) is 0 Å². The number of hydrogen-bond acceptors (Lipinski definition) is 6. The van der Waals surface area contributed by atoms with Crippen molar-refractivity contribution in [2.24, 2.45) is 10.9 Å². The first kappa shape index (κ1) is 19.1. The number of aliphatic imine (C=N–C) groups is 1. The highest BCUT2D eigenvalue weighted by atomic mass is 16.6. The Morgan fingerprint density at radius 2 is 2.07 bits per heavy atom. The van der Waals surface area contributed by atoms with Crippen LogP contribution < -0.4 is 4.90 Å². The number of nitriles is 1. The summed E-state index contributed by atoms with van der Waals surface area (Å²) in [5.41, 5.74) is 2.28. The highest BCUT2D eigenvalue weighted by Crippen LogP contribution is 2.26. The average Bonchev–Trinajstić information content (AvgIpc) is 3.08. The lowest BCUT2D eigenvalue weighted by Gasteiger charge is -2.32. The Balaban J connectivity index is 1.51. The highest BCUT2D eigenvalue weighted by Gasteiger charge is 2.26. The molecule has 0 saturated carbocycles. The summed E-state index contributed by atoms with van der Waals surface area (Å²) in [6.45, 7) is 8.08. The molecule has 0 amide bonds. The van der Waals surface area contributed by atoms with Gasteiger partial charge in [-0.2, -0.15) is 5.26 Å². The molecule has 2 aliphatic rings. The summed E-state index contributed by atoms with van der Waals surface area (Å²) >= 11 is 0. The van der Waals surface area contributed by atoms with Crippen LogP contribution in [0.4, 0.5) is 5.82 Å². The number of pyridine rings is 1. The van der Waals surface area contributed by atoms with Crippen molar-refractivity contribution in [2.75, 3.05) is 24.5 Å². The zero-order valence-corrected chi connectivity index (χ0v) is 16.2. The van der Waals surface area contributed by atoms with Gasteiger partial charge in [0.15, 0.2) is 0 Å². The van der Waals surface area contributed by atoms with E-state index in [-0.39, 0.29) is 5.97 Å². The van der Waals surface area contributed by atoms with Crippen LogP contribution >= 0.6 is 0 Å². The molecule has 3 rings (SSSR count). The molecule has 1 aromatic heterocycles. The normalized spacial score (nSPS) is 17.9. The summed E-state index contributed by atoms with van der Waals surface area (Å²) in [7, 11) is 0. The van der Waals surface area contributed by atoms with E-state index in [1.807, 2.05) is 26.8 Å². The number of piperidine rings is 1. The molecule has 0 bridgehead atoms. The van der Waals surface area contributed by atoms with E-state index < -0.39 is 5.60 Å². The van der Waals surface area contributed by atoms with Gasteiger partial charge in [0.2, 0.25) is 0 Å². The predicted octanol–water partition coefficient (Wildman–Crippen LogP) is 3.28. The number of carbonyl (C=O) groups excluding carboxylic acids is 1. The summed E-state index contributed by atoms with van der Waals surface area (Å²) in [5, 5.41) is 8.88. The van der Waals surface area contributed by atoms with Gasteiger partial charge >= 0.3 is 5.97 Å². The highest BCUT2D eigenvalue weighted by molar-refractivity contribution is 6.00. The number of allylic oxidation sites excluding steroid dienone is 1. The first-order valence-electron chi connectivity index (χ1n) is 9.41. The predicted molar refractivity (Wildman–Crippen MR) is 105 cm³/mol. The molecule has 3 heterocycles. The summed E-state index contributed by atoms with van der Waals surface area (Å²) in [4.78, 5) is 23.3. The lowest BCUT2D eigenvalue weighted by atomic mass is 9.91. The minimum absolute atomic E-state index is 0.188. The van der Waals surface area contributed by atoms with E-state index in [4.69, 9.17) is 10.00 Å². The van der Waals surface area contributed by atoms with Crippen LogP contribution in [0.25, 0.3) is 0 Å². The van der Waals surface area contributed by atoms with E-state index in [1.54, 1.807) is 12.3 Å². The smallest absolute Gasteiger partial charge is 0.310 e. The molecule has 2 aliphatic heterocycles. The molecule has 0 radical (unpaired) electrons. The van der Waals surface area contributed by atoms with E-state index in [0.717, 1.165) is 43.0 Å². The molecule has 0 atom stereocenters. The molecule has 1 aromatic rings. The van der Waals surface area contributed by atoms with E-state index in [0.29, 0.717) is 24.4 Å². The molecule has 1 fully saturated rings. The zero-order chi connectivity index (χ0) is 19.4. The van der Waals surface area contributed by atoms with Crippen LogP contribution in [0.1, 0.15) is 45.6 Å². The number of hydrogen-bond donors (Lipinski definition) is 0. The Morgan fingerprint density at radius 3 is 2.67 bits per heavy atom. The molecular weight excluding hydrogens is 340 g/mol. The Morgan fingerprint density at radius 1 is 1.33 bits per heavy atom. The fourth-order valence-corrected chi connectivity index (χ4v) is 3.45. The largest absolute Gasteiger partial charge is 0.460 e. The molecule has 0 spiro atoms. The maximum Gasteiger partial charge on any atom is 0.310 e. The zero-order valence-electron chi connectivity index (χ0n) is 16.2. The van der Waals surface area contributed by atoms with Gasteiger partial charge in [-0.05, 0) is 57.4 Å². The van der Waals surface area contributed by atoms with Crippen molar-refractivity contribution < 1.29 is 9.53 Å². The van der Waals surface area contributed by atoms with E-state index >= 15 is 0 Å². The Bertz CT molecular complexity index is 789. The van der Waals surface area contributed by atoms with Crippen LogP contribution in [0.15, 0.2) is 35.0 Å². The standard InChI is InChI=1S/C21H26N4O2/c1-21(2,3)27-20(26)11-16-10-18(23-14-16)17-6-8-25(9-7-17)19-5-4-15(12-22)13-24-19/h4-5,10,13,17H,6-9,11,14H2,1-3H3. The fraction of sp³-hybridized carbons (Fsp3) is 0.524. The quantitative estimate of drug-likeness (QED) is 0.764. The fourth-order valence-electron chi connectivity index (χ4n) is 3.45. The lowest BCUT2D eigenvalue weighted by Crippen LogP contribution is -2.36. The number of ether oxygens (including phenoxy) is 1. The third-order valence-electron chi connectivity index (χ3n) is 4.72. The van der Waals surface area contributed by atoms with Gasteiger partial charge < -0.3 is 9.64 Å². The maximum atomic E-state index is 12.0. The Labute approximate surface area is 160 Å². The van der Waals surface area contributed by atoms with Crippen LogP contribution in [-0.2, 0) is 9.53 Å². The van der Waals surface area contributed by atoms with Crippen molar-refractivity contribution in [3.8, 4) is 6.07 Å². The van der Waals surface area contributed by atoms with Crippen LogP contribution in [0.3, 0.4) is 0 Å². The molecule has 27 heavy (non-hydrogen) atoms. The van der Waals surface area contributed by atoms with E-state index in [2.05, 4.69) is 27.0 Å². The first-order valence-corrected chi connectivity index (χ1v) is 9.41. The van der Waals surface area contributed by atoms with Gasteiger partial charge in [0.1, 0.15) is 17.5 Å². The van der Waals surface area contributed by atoms with Gasteiger partial charge in [-0.3, -0.25) is 9.79 Å². The summed E-state index contributed by atoms with van der Waals surface area (Å²) < 4.78 is 5.40. The summed E-state index contributed by atoms with van der Waals surface area (Å²) in [5.74, 6) is 1.16. The molecule has 6 heteroatoms. The van der Waals surface area contributed by atoms with Gasteiger partial charge in [0, 0.05) is 30.9 Å². The number of anilines is 1. The first-order chi connectivity index (χ1) is 12.8. The van der Waals surface area contributed by atoms with Crippen molar-refractivity contribution in [3.63, 3.8) is 0 Å². The molecule has 1 saturated heterocycles. The molecule has 0 aromatic carbocycles. The Kier molecular flexibility index (Phi) is 5.59. The van der Waals surface area contributed by atoms with Crippen LogP contribution in [-0.4, -0.2) is 41.9 Å². The van der Waals surface area contributed by atoms with Crippen LogP contribution in [0, 0.1) is 17.2 Å². The van der Waals surface area contributed by atoms with Crippen molar-refractivity contribution in [3.05, 3.63) is 35.5 Å². The number of esters is 1. The minimum Gasteiger partial charge on any atom is -0.460 e. The number of rotatable bonds is 4. The average molecular weight is 366 g/mol. The lowest BCUT2D eigenvalue weighted by molar-refractivity contribution is -0.153. The molecule has 142 valence electrons. The van der Waals surface area contributed by atoms with Crippen molar-refractivity contribution >= 4 is 17.5 Å².